The summed E-state index contributed by atoms with van der Waals surface area (Å²) < 4.78 is 5.01. The van der Waals surface area contributed by atoms with Crippen molar-refractivity contribution in [1.82, 2.24) is 10.3 Å². The smallest absolute Gasteiger partial charge is 0.434 e. The van der Waals surface area contributed by atoms with Crippen LogP contribution in [0.1, 0.15) is 20.8 Å². The number of pyridine rings is 1. The molecule has 4 nitrogen and oxygen atoms in total. The summed E-state index contributed by atoms with van der Waals surface area (Å²) in [4.78, 5) is 15.1. The number of rotatable bonds is 1. The van der Waals surface area contributed by atoms with E-state index in [0.717, 1.165) is 0 Å². The van der Waals surface area contributed by atoms with Crippen LogP contribution in [0.25, 0.3) is 0 Å². The monoisotopic (exact) mass is 227 g/mol. The van der Waals surface area contributed by atoms with E-state index in [9.17, 15) is 4.79 Å². The van der Waals surface area contributed by atoms with Crippen molar-refractivity contribution in [2.24, 2.45) is 0 Å². The Morgan fingerprint density at radius 1 is 1.47 bits per heavy atom. The summed E-state index contributed by atoms with van der Waals surface area (Å²) >= 11 is 5.69. The lowest BCUT2D eigenvalue weighted by Gasteiger charge is -2.18. The van der Waals surface area contributed by atoms with E-state index in [1.54, 1.807) is 26.8 Å². The Kier molecular flexibility index (Phi) is 3.52. The molecule has 0 unspecified atom stereocenters. The van der Waals surface area contributed by atoms with Gasteiger partial charge in [0, 0.05) is 6.20 Å². The first-order chi connectivity index (χ1) is 6.87. The number of amides is 1. The van der Waals surface area contributed by atoms with Crippen molar-refractivity contribution in [3.05, 3.63) is 23.5 Å². The highest BCUT2D eigenvalue weighted by molar-refractivity contribution is 6.30. The molecule has 0 saturated heterocycles. The van der Waals surface area contributed by atoms with Gasteiger partial charge in [0.05, 0.1) is 16.9 Å². The number of halogens is 1. The quantitative estimate of drug-likeness (QED) is 0.741. The van der Waals surface area contributed by atoms with Gasteiger partial charge in [0.1, 0.15) is 5.60 Å². The molecule has 81 valence electrons. The van der Waals surface area contributed by atoms with Crippen molar-refractivity contribution >= 4 is 23.4 Å². The summed E-state index contributed by atoms with van der Waals surface area (Å²) in [5.74, 6) is 0. The zero-order valence-corrected chi connectivity index (χ0v) is 9.58. The van der Waals surface area contributed by atoms with Crippen LogP contribution in [0.5, 0.6) is 0 Å². The van der Waals surface area contributed by atoms with Crippen LogP contribution in [0.3, 0.4) is 0 Å². The van der Waals surface area contributed by atoms with Gasteiger partial charge in [-0.15, -0.1) is 0 Å². The molecule has 0 aliphatic rings. The molecule has 1 aromatic heterocycles. The zero-order valence-electron chi connectivity index (χ0n) is 8.82. The van der Waals surface area contributed by atoms with Gasteiger partial charge in [-0.1, -0.05) is 11.6 Å². The molecule has 1 radical (unpaired) electrons. The molecular weight excluding hydrogens is 216 g/mol. The summed E-state index contributed by atoms with van der Waals surface area (Å²) in [5.41, 5.74) is -0.163. The fraction of sp³-hybridized carbons (Fsp3) is 0.400. The summed E-state index contributed by atoms with van der Waals surface area (Å²) in [6, 6.07) is 1.54. The van der Waals surface area contributed by atoms with Gasteiger partial charge >= 0.3 is 6.09 Å². The van der Waals surface area contributed by atoms with Gasteiger partial charge in [0.2, 0.25) is 0 Å². The predicted molar refractivity (Wildman–Crippen MR) is 57.3 cm³/mol. The standard InChI is InChI=1S/C10H12ClN2O2/c1-10(2,3)15-9(14)13-8-4-7(11)5-12-6-8/h4-6H,1-3H3. The van der Waals surface area contributed by atoms with Crippen LogP contribution < -0.4 is 5.32 Å². The van der Waals surface area contributed by atoms with E-state index >= 15 is 0 Å². The summed E-state index contributed by atoms with van der Waals surface area (Å²) in [6.45, 7) is 5.32. The highest BCUT2D eigenvalue weighted by atomic mass is 35.5. The zero-order chi connectivity index (χ0) is 11.5. The maximum atomic E-state index is 11.3. The molecule has 5 heteroatoms. The molecule has 0 aliphatic carbocycles. The third-order valence-corrected chi connectivity index (χ3v) is 1.51. The Labute approximate surface area is 93.6 Å². The molecule has 1 amide bonds. The average molecular weight is 228 g/mol. The van der Waals surface area contributed by atoms with Gasteiger partial charge in [0.25, 0.3) is 0 Å². The highest BCUT2D eigenvalue weighted by Crippen LogP contribution is 2.14. The lowest BCUT2D eigenvalue weighted by atomic mass is 10.2. The van der Waals surface area contributed by atoms with Gasteiger partial charge in [-0.3, -0.25) is 4.98 Å². The normalized spacial score (nSPS) is 10.9. The first-order valence-corrected chi connectivity index (χ1v) is 4.80. The third kappa shape index (κ3) is 4.65. The van der Waals surface area contributed by atoms with Crippen LogP contribution in [-0.4, -0.2) is 16.7 Å². The third-order valence-electron chi connectivity index (χ3n) is 1.30. The van der Waals surface area contributed by atoms with E-state index in [-0.39, 0.29) is 0 Å². The number of ether oxygens (including phenoxy) is 1. The molecule has 0 atom stereocenters. The maximum Gasteiger partial charge on any atom is 0.434 e. The van der Waals surface area contributed by atoms with E-state index in [2.05, 4.69) is 10.3 Å². The molecule has 1 rings (SSSR count). The van der Waals surface area contributed by atoms with Crippen LogP contribution in [0.15, 0.2) is 18.5 Å². The second-order valence-electron chi connectivity index (χ2n) is 3.95. The number of hydrogen-bond donors (Lipinski definition) is 0. The molecule has 0 N–H and O–H groups in total. The van der Waals surface area contributed by atoms with Gasteiger partial charge in [0.15, 0.2) is 0 Å². The second kappa shape index (κ2) is 4.49. The number of carbonyl (C=O) groups is 1. The van der Waals surface area contributed by atoms with Crippen LogP contribution in [0.4, 0.5) is 10.5 Å². The van der Waals surface area contributed by atoms with Crippen LogP contribution >= 0.6 is 11.6 Å². The lowest BCUT2D eigenvalue weighted by Crippen LogP contribution is -2.26. The van der Waals surface area contributed by atoms with Crippen molar-refractivity contribution in [1.29, 1.82) is 0 Å². The fourth-order valence-electron chi connectivity index (χ4n) is 0.852. The Morgan fingerprint density at radius 3 is 2.67 bits per heavy atom. The van der Waals surface area contributed by atoms with Crippen molar-refractivity contribution in [2.45, 2.75) is 26.4 Å². The molecule has 0 spiro atoms. The minimum Gasteiger partial charge on any atom is -0.442 e. The Balaban J connectivity index is 2.59. The van der Waals surface area contributed by atoms with Gasteiger partial charge in [-0.05, 0) is 26.8 Å². The molecule has 1 aromatic rings. The number of aromatic nitrogens is 1. The summed E-state index contributed by atoms with van der Waals surface area (Å²) in [7, 11) is 0. The summed E-state index contributed by atoms with van der Waals surface area (Å²) in [6.07, 6.45) is 2.26. The number of hydrogen-bond acceptors (Lipinski definition) is 3. The van der Waals surface area contributed by atoms with Crippen molar-refractivity contribution in [3.63, 3.8) is 0 Å². The second-order valence-corrected chi connectivity index (χ2v) is 4.39. The molecule has 15 heavy (non-hydrogen) atoms. The van der Waals surface area contributed by atoms with Crippen LogP contribution in [-0.2, 0) is 4.74 Å². The van der Waals surface area contributed by atoms with E-state index in [0.29, 0.717) is 10.7 Å². The topological polar surface area (TPSA) is 53.3 Å². The van der Waals surface area contributed by atoms with E-state index in [4.69, 9.17) is 16.3 Å². The number of carbonyl (C=O) groups excluding carboxylic acids is 1. The highest BCUT2D eigenvalue weighted by Gasteiger charge is 2.17. The lowest BCUT2D eigenvalue weighted by molar-refractivity contribution is 0.0550. The van der Waals surface area contributed by atoms with Gasteiger partial charge < -0.3 is 4.74 Å². The maximum absolute atomic E-state index is 11.3. The minimum atomic E-state index is -0.647. The van der Waals surface area contributed by atoms with Crippen molar-refractivity contribution < 1.29 is 9.53 Å². The van der Waals surface area contributed by atoms with Crippen molar-refractivity contribution in [2.75, 3.05) is 0 Å². The van der Waals surface area contributed by atoms with Crippen molar-refractivity contribution in [3.8, 4) is 0 Å². The Morgan fingerprint density at radius 2 is 2.13 bits per heavy atom. The minimum absolute atomic E-state index is 0.386. The van der Waals surface area contributed by atoms with E-state index < -0.39 is 11.7 Å². The van der Waals surface area contributed by atoms with Gasteiger partial charge in [-0.2, -0.15) is 5.32 Å². The molecule has 0 saturated carbocycles. The molecule has 0 aliphatic heterocycles. The molecule has 0 bridgehead atoms. The molecule has 0 fully saturated rings. The molecular formula is C10H12ClN2O2. The Bertz CT molecular complexity index is 361. The molecule has 1 heterocycles. The predicted octanol–water partition coefficient (Wildman–Crippen LogP) is 2.91. The SMILES string of the molecule is CC(C)(C)OC(=O)[N]c1cncc(Cl)c1. The van der Waals surface area contributed by atoms with Crippen LogP contribution in [0, 0.1) is 0 Å². The number of nitrogens with zero attached hydrogens (tertiary/aromatic N) is 2. The van der Waals surface area contributed by atoms with E-state index in [1.165, 1.54) is 12.4 Å². The average Bonchev–Trinajstić information content (AvgIpc) is 1.99. The van der Waals surface area contributed by atoms with Crippen LogP contribution in [0.2, 0.25) is 5.02 Å². The Hall–Kier alpha value is -1.29. The largest absolute Gasteiger partial charge is 0.442 e. The summed E-state index contributed by atoms with van der Waals surface area (Å²) in [5, 5.41) is 4.13. The fourth-order valence-corrected chi connectivity index (χ4v) is 1.02. The van der Waals surface area contributed by atoms with E-state index in [1.807, 2.05) is 0 Å². The van der Waals surface area contributed by atoms with Gasteiger partial charge in [-0.25, -0.2) is 4.79 Å². The first-order valence-electron chi connectivity index (χ1n) is 4.42. The molecule has 0 aromatic carbocycles. The first kappa shape index (κ1) is 11.8.